The van der Waals surface area contributed by atoms with Crippen LogP contribution in [0.15, 0.2) is 24.3 Å². The van der Waals surface area contributed by atoms with E-state index in [9.17, 15) is 9.00 Å². The number of halogens is 1. The van der Waals surface area contributed by atoms with Gasteiger partial charge in [0.05, 0.1) is 12.4 Å². The first-order valence-corrected chi connectivity index (χ1v) is 6.64. The second-order valence-electron chi connectivity index (χ2n) is 3.40. The first kappa shape index (κ1) is 14.2. The molecule has 0 aliphatic heterocycles. The monoisotopic (exact) mass is 276 g/mol. The number of hydrogen-bond donors (Lipinski definition) is 1. The van der Waals surface area contributed by atoms with Crippen molar-refractivity contribution in [3.05, 3.63) is 34.9 Å². The first-order chi connectivity index (χ1) is 8.06. The predicted molar refractivity (Wildman–Crippen MR) is 66.6 cm³/mol. The van der Waals surface area contributed by atoms with Gasteiger partial charge in [0.2, 0.25) is 0 Å². The molecule has 0 fully saturated rings. The molecule has 0 spiro atoms. The van der Waals surface area contributed by atoms with Crippen molar-refractivity contribution in [1.82, 2.24) is 0 Å². The summed E-state index contributed by atoms with van der Waals surface area (Å²) in [6.45, 7) is -0.0770. The fourth-order valence-electron chi connectivity index (χ4n) is 1.28. The molecule has 1 aromatic carbocycles. The summed E-state index contributed by atoms with van der Waals surface area (Å²) in [5.41, 5.74) is 0.676. The molecule has 2 atom stereocenters. The molecule has 0 amide bonds. The summed E-state index contributed by atoms with van der Waals surface area (Å²) >= 11 is 5.92. The van der Waals surface area contributed by atoms with Gasteiger partial charge in [-0.15, -0.1) is 0 Å². The van der Waals surface area contributed by atoms with E-state index in [0.717, 1.165) is 0 Å². The molecule has 0 heterocycles. The number of hydrogen-bond acceptors (Lipinski definition) is 3. The van der Waals surface area contributed by atoms with Crippen molar-refractivity contribution in [3.8, 4) is 0 Å². The summed E-state index contributed by atoms with van der Waals surface area (Å²) in [7, 11) is -0.180. The Morgan fingerprint density at radius 2 is 2.18 bits per heavy atom. The Kier molecular flexibility index (Phi) is 5.61. The summed E-state index contributed by atoms with van der Waals surface area (Å²) in [4.78, 5) is 10.9. The molecule has 1 N–H and O–H groups in total. The second-order valence-corrected chi connectivity index (χ2v) is 5.43. The average molecular weight is 277 g/mol. The van der Waals surface area contributed by atoms with Crippen LogP contribution in [0, 0.1) is 0 Å². The van der Waals surface area contributed by atoms with Gasteiger partial charge in [0, 0.05) is 22.9 Å². The minimum atomic E-state index is -1.56. The van der Waals surface area contributed by atoms with Gasteiger partial charge >= 0.3 is 5.97 Å². The maximum atomic E-state index is 11.9. The molecule has 94 valence electrons. The van der Waals surface area contributed by atoms with Gasteiger partial charge in [0.25, 0.3) is 0 Å². The molecule has 4 nitrogen and oxygen atoms in total. The molecule has 0 saturated carbocycles. The molecule has 0 aliphatic carbocycles. The third-order valence-electron chi connectivity index (χ3n) is 2.17. The third-order valence-corrected chi connectivity index (χ3v) is 4.10. The number of aliphatic carboxylic acids is 1. The van der Waals surface area contributed by atoms with E-state index in [-0.39, 0.29) is 12.4 Å². The van der Waals surface area contributed by atoms with E-state index >= 15 is 0 Å². The molecule has 2 unspecified atom stereocenters. The highest BCUT2D eigenvalue weighted by Crippen LogP contribution is 2.18. The SMILES string of the molecule is COCC(C(=O)O)S(=O)Cc1ccccc1Cl. The van der Waals surface area contributed by atoms with Crippen LogP contribution >= 0.6 is 11.6 Å². The van der Waals surface area contributed by atoms with Crippen molar-refractivity contribution in [3.63, 3.8) is 0 Å². The summed E-state index contributed by atoms with van der Waals surface area (Å²) in [6.07, 6.45) is 0. The quantitative estimate of drug-likeness (QED) is 0.859. The average Bonchev–Trinajstić information content (AvgIpc) is 2.28. The standard InChI is InChI=1S/C11H13ClO4S/c1-16-6-10(11(13)14)17(15)7-8-4-2-3-5-9(8)12/h2-5,10H,6-7H2,1H3,(H,13,14). The van der Waals surface area contributed by atoms with Gasteiger partial charge in [0.15, 0.2) is 5.25 Å². The lowest BCUT2D eigenvalue weighted by atomic mass is 10.2. The van der Waals surface area contributed by atoms with Crippen LogP contribution in [0.2, 0.25) is 5.02 Å². The van der Waals surface area contributed by atoms with Crippen LogP contribution in [-0.2, 0) is 26.1 Å². The maximum absolute atomic E-state index is 11.9. The van der Waals surface area contributed by atoms with Crippen LogP contribution in [-0.4, -0.2) is 34.3 Å². The molecular formula is C11H13ClO4S. The van der Waals surface area contributed by atoms with E-state index in [1.54, 1.807) is 24.3 Å². The van der Waals surface area contributed by atoms with Crippen molar-refractivity contribution < 1.29 is 18.8 Å². The number of carboxylic acids is 1. The lowest BCUT2D eigenvalue weighted by Gasteiger charge is -2.11. The first-order valence-electron chi connectivity index (χ1n) is 4.88. The summed E-state index contributed by atoms with van der Waals surface area (Å²) < 4.78 is 16.6. The number of benzene rings is 1. The molecule has 0 aromatic heterocycles. The van der Waals surface area contributed by atoms with E-state index in [1.807, 2.05) is 0 Å². The van der Waals surface area contributed by atoms with Gasteiger partial charge in [-0.1, -0.05) is 29.8 Å². The predicted octanol–water partition coefficient (Wildman–Crippen LogP) is 1.69. The van der Waals surface area contributed by atoms with E-state index in [0.29, 0.717) is 10.6 Å². The molecule has 17 heavy (non-hydrogen) atoms. The smallest absolute Gasteiger partial charge is 0.321 e. The molecule has 6 heteroatoms. The normalized spacial score (nSPS) is 14.2. The number of rotatable bonds is 6. The molecule has 1 aromatic rings. The fourth-order valence-corrected chi connectivity index (χ4v) is 2.83. The highest BCUT2D eigenvalue weighted by molar-refractivity contribution is 7.85. The van der Waals surface area contributed by atoms with Gasteiger partial charge in [-0.2, -0.15) is 0 Å². The Bertz CT molecular complexity index is 422. The van der Waals surface area contributed by atoms with Crippen molar-refractivity contribution >= 4 is 28.4 Å². The Morgan fingerprint density at radius 3 is 2.71 bits per heavy atom. The molecule has 0 radical (unpaired) electrons. The van der Waals surface area contributed by atoms with E-state index in [4.69, 9.17) is 21.4 Å². The van der Waals surface area contributed by atoms with Crippen molar-refractivity contribution in [2.24, 2.45) is 0 Å². The zero-order valence-corrected chi connectivity index (χ0v) is 10.8. The maximum Gasteiger partial charge on any atom is 0.321 e. The van der Waals surface area contributed by atoms with E-state index < -0.39 is 22.0 Å². The Hall–Kier alpha value is -0.910. The molecule has 0 bridgehead atoms. The molecule has 0 saturated heterocycles. The highest BCUT2D eigenvalue weighted by Gasteiger charge is 2.25. The number of carbonyl (C=O) groups is 1. The molecule has 1 rings (SSSR count). The largest absolute Gasteiger partial charge is 0.480 e. The van der Waals surface area contributed by atoms with Gasteiger partial charge in [-0.25, -0.2) is 0 Å². The topological polar surface area (TPSA) is 63.6 Å². The van der Waals surface area contributed by atoms with Crippen molar-refractivity contribution in [2.45, 2.75) is 11.0 Å². The molecular weight excluding hydrogens is 264 g/mol. The van der Waals surface area contributed by atoms with Gasteiger partial charge < -0.3 is 9.84 Å². The molecule has 0 aliphatic rings. The number of carboxylic acid groups (broad SMARTS) is 1. The number of ether oxygens (including phenoxy) is 1. The van der Waals surface area contributed by atoms with Crippen molar-refractivity contribution in [1.29, 1.82) is 0 Å². The zero-order valence-electron chi connectivity index (χ0n) is 9.26. The fraction of sp³-hybridized carbons (Fsp3) is 0.364. The van der Waals surface area contributed by atoms with Gasteiger partial charge in [0.1, 0.15) is 0 Å². The Labute approximate surface area is 107 Å². The zero-order chi connectivity index (χ0) is 12.8. The third kappa shape index (κ3) is 4.11. The van der Waals surface area contributed by atoms with E-state index in [2.05, 4.69) is 0 Å². The van der Waals surface area contributed by atoms with Crippen molar-refractivity contribution in [2.75, 3.05) is 13.7 Å². The van der Waals surface area contributed by atoms with Gasteiger partial charge in [-0.3, -0.25) is 9.00 Å². The minimum Gasteiger partial charge on any atom is -0.480 e. The minimum absolute atomic E-state index is 0.0770. The summed E-state index contributed by atoms with van der Waals surface area (Å²) in [6, 6.07) is 6.94. The van der Waals surface area contributed by atoms with Crippen LogP contribution in [0.1, 0.15) is 5.56 Å². The van der Waals surface area contributed by atoms with Crippen LogP contribution in [0.3, 0.4) is 0 Å². The number of methoxy groups -OCH3 is 1. The Balaban J connectivity index is 2.77. The lowest BCUT2D eigenvalue weighted by molar-refractivity contribution is -0.137. The van der Waals surface area contributed by atoms with Gasteiger partial charge in [-0.05, 0) is 11.6 Å². The lowest BCUT2D eigenvalue weighted by Crippen LogP contribution is -2.31. The van der Waals surface area contributed by atoms with Crippen LogP contribution in [0.5, 0.6) is 0 Å². The highest BCUT2D eigenvalue weighted by atomic mass is 35.5. The summed E-state index contributed by atoms with van der Waals surface area (Å²) in [5.74, 6) is -1.02. The van der Waals surface area contributed by atoms with Crippen LogP contribution in [0.25, 0.3) is 0 Å². The van der Waals surface area contributed by atoms with Crippen LogP contribution < -0.4 is 0 Å². The second kappa shape index (κ2) is 6.74. The van der Waals surface area contributed by atoms with E-state index in [1.165, 1.54) is 7.11 Å². The van der Waals surface area contributed by atoms with Crippen LogP contribution in [0.4, 0.5) is 0 Å². The summed E-state index contributed by atoms with van der Waals surface area (Å²) in [5, 5.41) is 8.37. The Morgan fingerprint density at radius 1 is 1.53 bits per heavy atom.